The summed E-state index contributed by atoms with van der Waals surface area (Å²) in [6.07, 6.45) is 2.32. The molecule has 0 atom stereocenters. The van der Waals surface area contributed by atoms with Crippen molar-refractivity contribution >= 4 is 17.4 Å². The lowest BCUT2D eigenvalue weighted by Crippen LogP contribution is -2.33. The molecule has 0 unspecified atom stereocenters. The minimum absolute atomic E-state index is 0.111. The van der Waals surface area contributed by atoms with Crippen molar-refractivity contribution in [1.82, 2.24) is 4.90 Å². The van der Waals surface area contributed by atoms with E-state index in [0.29, 0.717) is 17.9 Å². The molecule has 0 bridgehead atoms. The predicted octanol–water partition coefficient (Wildman–Crippen LogP) is 5.84. The number of benzene rings is 2. The molecular weight excluding hydrogens is 384 g/mol. The molecule has 0 heterocycles. The number of fused-ring (bicyclic) bond motifs is 1. The van der Waals surface area contributed by atoms with E-state index in [0.717, 1.165) is 24.2 Å². The van der Waals surface area contributed by atoms with Gasteiger partial charge in [0.25, 0.3) is 5.91 Å². The Morgan fingerprint density at radius 3 is 2.16 bits per heavy atom. The lowest BCUT2D eigenvalue weighted by molar-refractivity contribution is 0.102. The first-order chi connectivity index (χ1) is 14.5. The highest BCUT2D eigenvalue weighted by atomic mass is 16.5. The molecule has 31 heavy (non-hydrogen) atoms. The van der Waals surface area contributed by atoms with Gasteiger partial charge in [0.1, 0.15) is 12.4 Å². The van der Waals surface area contributed by atoms with Crippen molar-refractivity contribution in [1.29, 1.82) is 0 Å². The number of nitrogens with one attached hydrogen (secondary N) is 1. The predicted molar refractivity (Wildman–Crippen MR) is 130 cm³/mol. The first-order valence-corrected chi connectivity index (χ1v) is 11.0. The van der Waals surface area contributed by atoms with Gasteiger partial charge in [-0.15, -0.1) is 0 Å². The highest BCUT2D eigenvalue weighted by Crippen LogP contribution is 2.46. The summed E-state index contributed by atoms with van der Waals surface area (Å²) >= 11 is 0. The van der Waals surface area contributed by atoms with E-state index in [1.165, 1.54) is 17.5 Å². The largest absolute Gasteiger partial charge is 0.492 e. The van der Waals surface area contributed by atoms with Crippen molar-refractivity contribution in [2.75, 3.05) is 32.6 Å². The van der Waals surface area contributed by atoms with Crippen LogP contribution in [0.5, 0.6) is 0 Å². The molecule has 2 aromatic rings. The molecule has 0 saturated carbocycles. The maximum Gasteiger partial charge on any atom is 0.255 e. The van der Waals surface area contributed by atoms with Crippen molar-refractivity contribution in [3.63, 3.8) is 0 Å². The van der Waals surface area contributed by atoms with Gasteiger partial charge in [0, 0.05) is 23.4 Å². The molecule has 0 aliphatic heterocycles. The summed E-state index contributed by atoms with van der Waals surface area (Å²) in [4.78, 5) is 14.9. The maximum atomic E-state index is 12.8. The molecule has 1 amide bonds. The zero-order chi connectivity index (χ0) is 22.8. The molecule has 3 rings (SSSR count). The van der Waals surface area contributed by atoms with Crippen LogP contribution in [0.3, 0.4) is 0 Å². The fourth-order valence-electron chi connectivity index (χ4n) is 4.11. The Labute approximate surface area is 187 Å². The summed E-state index contributed by atoms with van der Waals surface area (Å²) in [5.41, 5.74) is 5.34. The topological polar surface area (TPSA) is 41.6 Å². The van der Waals surface area contributed by atoms with E-state index in [9.17, 15) is 4.79 Å². The highest BCUT2D eigenvalue weighted by molar-refractivity contribution is 6.04. The van der Waals surface area contributed by atoms with Crippen LogP contribution in [0.1, 0.15) is 67.6 Å². The van der Waals surface area contributed by atoms with Gasteiger partial charge in [-0.1, -0.05) is 52.5 Å². The van der Waals surface area contributed by atoms with Gasteiger partial charge < -0.3 is 15.0 Å². The number of hydrogen-bond acceptors (Lipinski definition) is 3. The van der Waals surface area contributed by atoms with Gasteiger partial charge >= 0.3 is 0 Å². The van der Waals surface area contributed by atoms with E-state index < -0.39 is 0 Å². The number of anilines is 1. The Hall–Kier alpha value is -2.59. The van der Waals surface area contributed by atoms with Gasteiger partial charge in [-0.2, -0.15) is 0 Å². The molecule has 0 saturated heterocycles. The number of ether oxygens (including phenoxy) is 1. The van der Waals surface area contributed by atoms with Crippen LogP contribution in [0.15, 0.2) is 49.0 Å². The van der Waals surface area contributed by atoms with Crippen LogP contribution < -0.4 is 5.32 Å². The number of hydrogen-bond donors (Lipinski definition) is 1. The number of rotatable bonds is 7. The van der Waals surface area contributed by atoms with Crippen LogP contribution in [-0.2, 0) is 15.6 Å². The number of likely N-dealkylation sites (N-methyl/N-ethyl adjacent to an activating group) is 1. The number of amides is 1. The Morgan fingerprint density at radius 2 is 1.55 bits per heavy atom. The molecular formula is C27H36N2O2. The molecule has 166 valence electrons. The summed E-state index contributed by atoms with van der Waals surface area (Å²) in [6, 6.07) is 13.8. The fraction of sp³-hybridized carbons (Fsp3) is 0.444. The Bertz CT molecular complexity index is 956. The summed E-state index contributed by atoms with van der Waals surface area (Å²) < 4.78 is 5.69. The quantitative estimate of drug-likeness (QED) is 0.573. The van der Waals surface area contributed by atoms with Gasteiger partial charge in [-0.3, -0.25) is 4.79 Å². The van der Waals surface area contributed by atoms with Crippen molar-refractivity contribution in [2.45, 2.75) is 51.4 Å². The second-order valence-corrected chi connectivity index (χ2v) is 10.1. The molecule has 1 N–H and O–H groups in total. The Balaban J connectivity index is 1.70. The average Bonchev–Trinajstić information content (AvgIpc) is 2.71. The zero-order valence-electron chi connectivity index (χ0n) is 19.8. The van der Waals surface area contributed by atoms with E-state index in [2.05, 4.69) is 56.6 Å². The molecule has 1 aliphatic rings. The molecule has 0 aromatic heterocycles. The number of carbonyl (C=O) groups is 1. The number of carbonyl (C=O) groups excluding carboxylic acids is 1. The van der Waals surface area contributed by atoms with E-state index >= 15 is 0 Å². The zero-order valence-corrected chi connectivity index (χ0v) is 19.8. The van der Waals surface area contributed by atoms with Crippen molar-refractivity contribution in [3.05, 3.63) is 71.3 Å². The SMILES string of the molecule is C=C(OCCN(C)C)c1ccc(C(=O)Nc2ccc3c(c2)C(C)(C)CCC3(C)C)cc1. The van der Waals surface area contributed by atoms with Gasteiger partial charge in [-0.25, -0.2) is 0 Å². The van der Waals surface area contributed by atoms with Crippen LogP contribution >= 0.6 is 0 Å². The molecule has 2 aromatic carbocycles. The number of nitrogens with zero attached hydrogens (tertiary/aromatic N) is 1. The molecule has 4 heteroatoms. The minimum atomic E-state index is -0.112. The van der Waals surface area contributed by atoms with Crippen LogP contribution in [0.25, 0.3) is 5.76 Å². The molecule has 1 aliphatic carbocycles. The summed E-state index contributed by atoms with van der Waals surface area (Å²) in [6.45, 7) is 14.6. The third-order valence-electron chi connectivity index (χ3n) is 6.39. The summed E-state index contributed by atoms with van der Waals surface area (Å²) in [7, 11) is 4.01. The van der Waals surface area contributed by atoms with Crippen LogP contribution in [0.4, 0.5) is 5.69 Å². The van der Waals surface area contributed by atoms with Gasteiger partial charge in [-0.05, 0) is 73.2 Å². The molecule has 0 radical (unpaired) electrons. The monoisotopic (exact) mass is 420 g/mol. The Morgan fingerprint density at radius 1 is 0.968 bits per heavy atom. The second kappa shape index (κ2) is 8.88. The van der Waals surface area contributed by atoms with Gasteiger partial charge in [0.05, 0.1) is 0 Å². The lowest BCUT2D eigenvalue weighted by Gasteiger charge is -2.42. The Kier molecular flexibility index (Phi) is 6.61. The first kappa shape index (κ1) is 23.1. The van der Waals surface area contributed by atoms with Crippen molar-refractivity contribution in [3.8, 4) is 0 Å². The van der Waals surface area contributed by atoms with Gasteiger partial charge in [0.15, 0.2) is 0 Å². The van der Waals surface area contributed by atoms with Crippen LogP contribution in [0, 0.1) is 0 Å². The van der Waals surface area contributed by atoms with E-state index in [1.807, 2.05) is 44.4 Å². The maximum absolute atomic E-state index is 12.8. The third kappa shape index (κ3) is 5.37. The summed E-state index contributed by atoms with van der Waals surface area (Å²) in [5, 5.41) is 3.07. The fourth-order valence-corrected chi connectivity index (χ4v) is 4.11. The third-order valence-corrected chi connectivity index (χ3v) is 6.39. The summed E-state index contributed by atoms with van der Waals surface area (Å²) in [5.74, 6) is 0.506. The average molecular weight is 421 g/mol. The van der Waals surface area contributed by atoms with Gasteiger partial charge in [0.2, 0.25) is 0 Å². The molecule has 0 fully saturated rings. The van der Waals surface area contributed by atoms with Crippen molar-refractivity contribution in [2.24, 2.45) is 0 Å². The normalized spacial score (nSPS) is 16.5. The molecule has 4 nitrogen and oxygen atoms in total. The van der Waals surface area contributed by atoms with Crippen LogP contribution in [-0.4, -0.2) is 38.1 Å². The molecule has 0 spiro atoms. The minimum Gasteiger partial charge on any atom is -0.492 e. The highest BCUT2D eigenvalue weighted by Gasteiger charge is 2.37. The standard InChI is InChI=1S/C27H36N2O2/c1-19(31-17-16-29(6)7)20-8-10-21(11-9-20)25(30)28-22-12-13-23-24(18-22)27(4,5)15-14-26(23,2)3/h8-13,18H,1,14-17H2,2-7H3,(H,28,30). The van der Waals surface area contributed by atoms with E-state index in [1.54, 1.807) is 0 Å². The van der Waals surface area contributed by atoms with E-state index in [4.69, 9.17) is 4.74 Å². The van der Waals surface area contributed by atoms with Crippen molar-refractivity contribution < 1.29 is 9.53 Å². The smallest absolute Gasteiger partial charge is 0.255 e. The van der Waals surface area contributed by atoms with E-state index in [-0.39, 0.29) is 16.7 Å². The first-order valence-electron chi connectivity index (χ1n) is 11.0. The lowest BCUT2D eigenvalue weighted by atomic mass is 9.63. The second-order valence-electron chi connectivity index (χ2n) is 10.1. The van der Waals surface area contributed by atoms with Crippen LogP contribution in [0.2, 0.25) is 0 Å².